The maximum atomic E-state index is 13.0. The molecule has 2 aromatic carbocycles. The molecule has 0 aliphatic heterocycles. The summed E-state index contributed by atoms with van der Waals surface area (Å²) in [6.45, 7) is 0. The Morgan fingerprint density at radius 3 is 2.41 bits per heavy atom. The Kier molecular flexibility index (Phi) is 5.80. The van der Waals surface area contributed by atoms with E-state index in [-0.39, 0.29) is 9.77 Å². The molecule has 174 valence electrons. The second kappa shape index (κ2) is 8.79. The monoisotopic (exact) mass is 514 g/mol. The topological polar surface area (TPSA) is 109 Å². The van der Waals surface area contributed by atoms with E-state index in [9.17, 15) is 18.0 Å². The highest BCUT2D eigenvalue weighted by Crippen LogP contribution is 2.27. The number of nitrogens with one attached hydrogen (secondary N) is 3. The predicted octanol–water partition coefficient (Wildman–Crippen LogP) is 4.79. The molecule has 8 nitrogen and oxygen atoms in total. The second-order valence-electron chi connectivity index (χ2n) is 7.88. The van der Waals surface area contributed by atoms with Crippen molar-refractivity contribution in [3.05, 3.63) is 81.6 Å². The Bertz CT molecular complexity index is 1560. The van der Waals surface area contributed by atoms with Crippen LogP contribution in [0.2, 0.25) is 4.34 Å². The molecule has 0 bridgehead atoms. The number of nitrogens with zero attached hydrogens (tertiary/aromatic N) is 1. The summed E-state index contributed by atoms with van der Waals surface area (Å²) in [7, 11) is -4.02. The summed E-state index contributed by atoms with van der Waals surface area (Å²) in [5.41, 5.74) is 1.82. The lowest BCUT2D eigenvalue weighted by Crippen LogP contribution is -2.33. The zero-order valence-electron chi connectivity index (χ0n) is 17.6. The van der Waals surface area contributed by atoms with Crippen LogP contribution in [-0.2, 0) is 10.0 Å². The summed E-state index contributed by atoms with van der Waals surface area (Å²) in [4.78, 5) is 25.2. The molecule has 1 aliphatic rings. The molecule has 2 heterocycles. The molecule has 1 saturated carbocycles. The zero-order chi connectivity index (χ0) is 23.9. The Morgan fingerprint density at radius 1 is 1.00 bits per heavy atom. The van der Waals surface area contributed by atoms with Crippen molar-refractivity contribution in [1.82, 2.24) is 9.29 Å². The van der Waals surface area contributed by atoms with Crippen LogP contribution in [0.1, 0.15) is 12.8 Å². The van der Waals surface area contributed by atoms with Gasteiger partial charge in [-0.2, -0.15) is 0 Å². The van der Waals surface area contributed by atoms with Gasteiger partial charge in [0.05, 0.1) is 4.34 Å². The first-order valence-corrected chi connectivity index (χ1v) is 13.1. The van der Waals surface area contributed by atoms with Crippen molar-refractivity contribution in [3.63, 3.8) is 0 Å². The molecule has 0 atom stereocenters. The number of aromatic nitrogens is 1. The molecule has 2 amide bonds. The molecule has 4 aromatic rings. The van der Waals surface area contributed by atoms with Gasteiger partial charge in [-0.15, -0.1) is 11.3 Å². The number of sulfonamides is 1. The fraction of sp³-hybridized carbons (Fsp3) is 0.130. The first-order valence-electron chi connectivity index (χ1n) is 10.4. The van der Waals surface area contributed by atoms with Gasteiger partial charge in [0, 0.05) is 34.7 Å². The van der Waals surface area contributed by atoms with Crippen LogP contribution in [0, 0.1) is 0 Å². The van der Waals surface area contributed by atoms with E-state index in [2.05, 4.69) is 10.6 Å². The number of pyridine rings is 1. The van der Waals surface area contributed by atoms with E-state index in [1.54, 1.807) is 30.5 Å². The average molecular weight is 515 g/mol. The number of fused-ring (bicyclic) bond motifs is 1. The Hall–Kier alpha value is -3.34. The number of urea groups is 1. The highest BCUT2D eigenvalue weighted by Gasteiger charge is 2.21. The number of benzene rings is 2. The predicted molar refractivity (Wildman–Crippen MR) is 135 cm³/mol. The number of rotatable bonds is 6. The highest BCUT2D eigenvalue weighted by molar-refractivity contribution is 7.92. The average Bonchev–Trinajstić information content (AvgIpc) is 3.50. The molecule has 1 aliphatic carbocycles. The van der Waals surface area contributed by atoms with Crippen LogP contribution in [0.15, 0.2) is 75.9 Å². The number of halogens is 1. The van der Waals surface area contributed by atoms with Crippen LogP contribution < -0.4 is 20.9 Å². The number of carbonyl (C=O) groups is 1. The number of hydrogen-bond donors (Lipinski definition) is 3. The smallest absolute Gasteiger partial charge is 0.333 e. The van der Waals surface area contributed by atoms with E-state index in [0.29, 0.717) is 27.1 Å². The normalized spacial score (nSPS) is 13.6. The molecular formula is C23H19ClN4O4S2. The zero-order valence-corrected chi connectivity index (χ0v) is 20.0. The molecule has 11 heteroatoms. The van der Waals surface area contributed by atoms with Gasteiger partial charge in [-0.1, -0.05) is 11.6 Å². The number of amides is 2. The summed E-state index contributed by atoms with van der Waals surface area (Å²) in [5, 5.41) is 7.36. The summed E-state index contributed by atoms with van der Waals surface area (Å²) in [6, 6.07) is 16.5. The Balaban J connectivity index is 1.31. The first kappa shape index (κ1) is 22.5. The Morgan fingerprint density at radius 2 is 1.74 bits per heavy atom. The SMILES string of the molecule is O=C(Nc1ccc(-n2ccc3cc(NC4CC4)ccc3c2=O)cc1)NS(=O)(=O)c1ccc(Cl)s1. The number of carbonyl (C=O) groups excluding carboxylic acids is 1. The maximum Gasteiger partial charge on any atom is 0.333 e. The van der Waals surface area contributed by atoms with Gasteiger partial charge in [0.1, 0.15) is 4.21 Å². The van der Waals surface area contributed by atoms with Gasteiger partial charge in [0.2, 0.25) is 0 Å². The van der Waals surface area contributed by atoms with Gasteiger partial charge in [-0.3, -0.25) is 9.36 Å². The Labute approximate surface area is 204 Å². The lowest BCUT2D eigenvalue weighted by molar-refractivity contribution is 0.256. The van der Waals surface area contributed by atoms with Gasteiger partial charge >= 0.3 is 6.03 Å². The molecule has 0 spiro atoms. The van der Waals surface area contributed by atoms with Crippen LogP contribution in [0.4, 0.5) is 16.2 Å². The summed E-state index contributed by atoms with van der Waals surface area (Å²) >= 11 is 6.62. The van der Waals surface area contributed by atoms with Crippen molar-refractivity contribution < 1.29 is 13.2 Å². The molecule has 3 N–H and O–H groups in total. The van der Waals surface area contributed by atoms with Crippen molar-refractivity contribution in [2.45, 2.75) is 23.1 Å². The van der Waals surface area contributed by atoms with Crippen molar-refractivity contribution in [3.8, 4) is 5.69 Å². The molecular weight excluding hydrogens is 496 g/mol. The van der Waals surface area contributed by atoms with Crippen LogP contribution in [0.25, 0.3) is 16.5 Å². The van der Waals surface area contributed by atoms with Gasteiger partial charge in [0.15, 0.2) is 0 Å². The molecule has 5 rings (SSSR count). The summed E-state index contributed by atoms with van der Waals surface area (Å²) in [6.07, 6.45) is 4.05. The summed E-state index contributed by atoms with van der Waals surface area (Å²) < 4.78 is 28.2. The minimum Gasteiger partial charge on any atom is -0.382 e. The van der Waals surface area contributed by atoms with Crippen LogP contribution >= 0.6 is 22.9 Å². The van der Waals surface area contributed by atoms with Crippen LogP contribution in [0.5, 0.6) is 0 Å². The fourth-order valence-electron chi connectivity index (χ4n) is 3.48. The van der Waals surface area contributed by atoms with Gasteiger partial charge < -0.3 is 10.6 Å². The molecule has 0 radical (unpaired) electrons. The quantitative estimate of drug-likeness (QED) is 0.343. The summed E-state index contributed by atoms with van der Waals surface area (Å²) in [5.74, 6) is 0. The lowest BCUT2D eigenvalue weighted by Gasteiger charge is -2.11. The maximum absolute atomic E-state index is 13.0. The van der Waals surface area contributed by atoms with Gasteiger partial charge in [0.25, 0.3) is 15.6 Å². The van der Waals surface area contributed by atoms with Crippen molar-refractivity contribution >= 4 is 61.1 Å². The minimum atomic E-state index is -4.02. The first-order chi connectivity index (χ1) is 16.3. The highest BCUT2D eigenvalue weighted by atomic mass is 35.5. The largest absolute Gasteiger partial charge is 0.382 e. The van der Waals surface area contributed by atoms with Crippen LogP contribution in [0.3, 0.4) is 0 Å². The van der Waals surface area contributed by atoms with Crippen molar-refractivity contribution in [2.75, 3.05) is 10.6 Å². The van der Waals surface area contributed by atoms with Gasteiger partial charge in [-0.25, -0.2) is 17.9 Å². The number of thiophene rings is 1. The minimum absolute atomic E-state index is 0.0610. The van der Waals surface area contributed by atoms with Crippen LogP contribution in [-0.4, -0.2) is 25.1 Å². The molecule has 34 heavy (non-hydrogen) atoms. The number of hydrogen-bond acceptors (Lipinski definition) is 6. The lowest BCUT2D eigenvalue weighted by atomic mass is 10.1. The molecule has 2 aromatic heterocycles. The standard InChI is InChI=1S/C23H19ClN4O4S2/c24-20-9-10-21(33-20)34(31,32)27-23(30)26-16-3-6-18(7-4-16)28-12-11-14-13-17(25-15-1-2-15)5-8-19(14)22(28)29/h3-13,15,25H,1-2H2,(H2,26,27,30). The third-order valence-corrected chi connectivity index (χ3v) is 8.35. The molecule has 1 fully saturated rings. The van der Waals surface area contributed by atoms with E-state index in [1.165, 1.54) is 29.5 Å². The fourth-order valence-corrected chi connectivity index (χ4v) is 5.87. The van der Waals surface area contributed by atoms with E-state index >= 15 is 0 Å². The van der Waals surface area contributed by atoms with Crippen molar-refractivity contribution in [1.29, 1.82) is 0 Å². The van der Waals surface area contributed by atoms with E-state index in [1.807, 2.05) is 29.0 Å². The molecule has 0 unspecified atom stereocenters. The third-order valence-electron chi connectivity index (χ3n) is 5.30. The number of anilines is 2. The second-order valence-corrected chi connectivity index (χ2v) is 11.5. The molecule has 0 saturated heterocycles. The van der Waals surface area contributed by atoms with E-state index < -0.39 is 16.1 Å². The van der Waals surface area contributed by atoms with Gasteiger partial charge in [-0.05, 0) is 78.9 Å². The van der Waals surface area contributed by atoms with E-state index in [4.69, 9.17) is 11.6 Å². The third kappa shape index (κ3) is 4.79. The van der Waals surface area contributed by atoms with E-state index in [0.717, 1.165) is 22.4 Å². The van der Waals surface area contributed by atoms with Crippen molar-refractivity contribution in [2.24, 2.45) is 0 Å².